The molecule has 1 atom stereocenters. The van der Waals surface area contributed by atoms with E-state index in [-0.39, 0.29) is 16.7 Å². The molecule has 1 aliphatic carbocycles. The number of carbonyl (C=O) groups is 1. The van der Waals surface area contributed by atoms with E-state index in [1.54, 1.807) is 12.1 Å². The predicted octanol–water partition coefficient (Wildman–Crippen LogP) is 4.95. The van der Waals surface area contributed by atoms with Crippen LogP contribution in [0.2, 0.25) is 0 Å². The second-order valence-electron chi connectivity index (χ2n) is 8.01. The molecule has 2 aliphatic rings. The summed E-state index contributed by atoms with van der Waals surface area (Å²) in [4.78, 5) is 13.0. The van der Waals surface area contributed by atoms with Crippen molar-refractivity contribution in [3.05, 3.63) is 60.7 Å². The number of allylic oxidation sites excluding steroid dienone is 2. The van der Waals surface area contributed by atoms with Crippen molar-refractivity contribution in [1.82, 2.24) is 4.31 Å². The molecule has 0 bridgehead atoms. The Labute approximate surface area is 184 Å². The molecule has 0 radical (unpaired) electrons. The van der Waals surface area contributed by atoms with Gasteiger partial charge in [-0.1, -0.05) is 36.8 Å². The number of hydrogen-bond acceptors (Lipinski definition) is 4. The second kappa shape index (κ2) is 9.66. The number of para-hydroxylation sites is 1. The molecule has 1 heterocycles. The van der Waals surface area contributed by atoms with Crippen LogP contribution in [0.15, 0.2) is 65.6 Å². The van der Waals surface area contributed by atoms with E-state index in [4.69, 9.17) is 4.74 Å². The number of sulfonamides is 1. The molecule has 1 saturated heterocycles. The summed E-state index contributed by atoms with van der Waals surface area (Å²) in [5.41, 5.74) is 0.376. The van der Waals surface area contributed by atoms with Crippen molar-refractivity contribution in [1.29, 1.82) is 0 Å². The van der Waals surface area contributed by atoms with Gasteiger partial charge in [0.2, 0.25) is 15.9 Å². The molecule has 0 spiro atoms. The maximum absolute atomic E-state index is 13.2. The van der Waals surface area contributed by atoms with Crippen molar-refractivity contribution in [3.63, 3.8) is 0 Å². The van der Waals surface area contributed by atoms with Crippen molar-refractivity contribution in [2.24, 2.45) is 5.92 Å². The molecule has 2 aromatic carbocycles. The van der Waals surface area contributed by atoms with Crippen LogP contribution in [-0.4, -0.2) is 31.7 Å². The Balaban J connectivity index is 1.64. The molecule has 1 amide bonds. The molecule has 0 aromatic heterocycles. The number of hydrogen-bond donors (Lipinski definition) is 1. The van der Waals surface area contributed by atoms with Crippen LogP contribution >= 0.6 is 0 Å². The summed E-state index contributed by atoms with van der Waals surface area (Å²) in [5, 5.41) is 2.94. The minimum absolute atomic E-state index is 0.116. The minimum atomic E-state index is -3.62. The van der Waals surface area contributed by atoms with E-state index in [9.17, 15) is 13.2 Å². The number of carbonyl (C=O) groups excluding carboxylic acids is 1. The molecular formula is C24H28N2O4S. The first kappa shape index (κ1) is 21.6. The number of amides is 1. The predicted molar refractivity (Wildman–Crippen MR) is 121 cm³/mol. The number of anilines is 1. The summed E-state index contributed by atoms with van der Waals surface area (Å²) in [5.74, 6) is 0.792. The van der Waals surface area contributed by atoms with Crippen LogP contribution < -0.4 is 10.1 Å². The lowest BCUT2D eigenvalue weighted by Crippen LogP contribution is -2.35. The van der Waals surface area contributed by atoms with Gasteiger partial charge in [-0.25, -0.2) is 8.42 Å². The molecule has 31 heavy (non-hydrogen) atoms. The third-order valence-corrected chi connectivity index (χ3v) is 7.67. The van der Waals surface area contributed by atoms with Crippen molar-refractivity contribution in [3.8, 4) is 11.5 Å². The fourth-order valence-corrected chi connectivity index (χ4v) is 5.54. The third-order valence-electron chi connectivity index (χ3n) is 5.77. The van der Waals surface area contributed by atoms with Gasteiger partial charge in [0.15, 0.2) is 5.75 Å². The molecule has 1 fully saturated rings. The van der Waals surface area contributed by atoms with Crippen LogP contribution in [0, 0.1) is 5.92 Å². The molecule has 1 unspecified atom stereocenters. The van der Waals surface area contributed by atoms with Crippen LogP contribution in [-0.2, 0) is 14.8 Å². The maximum atomic E-state index is 13.2. The van der Waals surface area contributed by atoms with E-state index in [1.165, 1.54) is 10.4 Å². The van der Waals surface area contributed by atoms with Gasteiger partial charge in [-0.3, -0.25) is 4.79 Å². The van der Waals surface area contributed by atoms with Gasteiger partial charge >= 0.3 is 0 Å². The van der Waals surface area contributed by atoms with Gasteiger partial charge in [-0.15, -0.1) is 0 Å². The molecule has 1 N–H and O–H groups in total. The van der Waals surface area contributed by atoms with Crippen LogP contribution in [0.4, 0.5) is 5.69 Å². The Morgan fingerprint density at radius 2 is 1.77 bits per heavy atom. The molecule has 164 valence electrons. The average molecular weight is 441 g/mol. The van der Waals surface area contributed by atoms with Crippen molar-refractivity contribution >= 4 is 21.6 Å². The van der Waals surface area contributed by atoms with E-state index >= 15 is 0 Å². The molecular weight excluding hydrogens is 412 g/mol. The molecule has 0 saturated carbocycles. The number of benzene rings is 2. The Kier molecular flexibility index (Phi) is 6.73. The summed E-state index contributed by atoms with van der Waals surface area (Å²) in [6.07, 6.45) is 9.23. The zero-order valence-corrected chi connectivity index (χ0v) is 18.3. The van der Waals surface area contributed by atoms with Gasteiger partial charge in [0.1, 0.15) is 5.75 Å². The maximum Gasteiger partial charge on any atom is 0.243 e. The first-order chi connectivity index (χ1) is 15.0. The summed E-state index contributed by atoms with van der Waals surface area (Å²) in [6, 6.07) is 13.9. The normalized spacial score (nSPS) is 19.7. The van der Waals surface area contributed by atoms with Gasteiger partial charge in [-0.05, 0) is 62.4 Å². The first-order valence-corrected chi connectivity index (χ1v) is 12.3. The van der Waals surface area contributed by atoms with E-state index in [1.807, 2.05) is 36.4 Å². The summed E-state index contributed by atoms with van der Waals surface area (Å²) >= 11 is 0. The highest BCUT2D eigenvalue weighted by molar-refractivity contribution is 7.89. The summed E-state index contributed by atoms with van der Waals surface area (Å²) in [6.45, 7) is 1.06. The molecule has 1 aliphatic heterocycles. The summed E-state index contributed by atoms with van der Waals surface area (Å²) in [7, 11) is -3.62. The van der Waals surface area contributed by atoms with Crippen molar-refractivity contribution in [2.45, 2.75) is 43.4 Å². The third kappa shape index (κ3) is 5.17. The van der Waals surface area contributed by atoms with Gasteiger partial charge in [-0.2, -0.15) is 4.31 Å². The Morgan fingerprint density at radius 1 is 1.00 bits per heavy atom. The van der Waals surface area contributed by atoms with Crippen molar-refractivity contribution < 1.29 is 17.9 Å². The number of ether oxygens (including phenoxy) is 1. The van der Waals surface area contributed by atoms with Crippen LogP contribution in [0.1, 0.15) is 38.5 Å². The SMILES string of the molecule is O=C(Nc1cc(S(=O)(=O)N2CCCCC2)ccc1Oc1ccccc1)C1CC=CCC1. The zero-order valence-electron chi connectivity index (χ0n) is 17.5. The van der Waals surface area contributed by atoms with Crippen LogP contribution in [0.5, 0.6) is 11.5 Å². The fourth-order valence-electron chi connectivity index (χ4n) is 3.99. The molecule has 2 aromatic rings. The van der Waals surface area contributed by atoms with Crippen LogP contribution in [0.3, 0.4) is 0 Å². The van der Waals surface area contributed by atoms with E-state index in [0.717, 1.165) is 32.1 Å². The van der Waals surface area contributed by atoms with Crippen molar-refractivity contribution in [2.75, 3.05) is 18.4 Å². The minimum Gasteiger partial charge on any atom is -0.455 e. The van der Waals surface area contributed by atoms with Crippen LogP contribution in [0.25, 0.3) is 0 Å². The van der Waals surface area contributed by atoms with E-state index < -0.39 is 10.0 Å². The smallest absolute Gasteiger partial charge is 0.243 e. The summed E-state index contributed by atoms with van der Waals surface area (Å²) < 4.78 is 33.8. The quantitative estimate of drug-likeness (QED) is 0.645. The molecule has 6 nitrogen and oxygen atoms in total. The highest BCUT2D eigenvalue weighted by Crippen LogP contribution is 2.34. The first-order valence-electron chi connectivity index (χ1n) is 10.9. The van der Waals surface area contributed by atoms with Gasteiger partial charge in [0.25, 0.3) is 0 Å². The monoisotopic (exact) mass is 440 g/mol. The van der Waals surface area contributed by atoms with E-state index in [0.29, 0.717) is 36.7 Å². The Morgan fingerprint density at radius 3 is 2.48 bits per heavy atom. The number of nitrogens with zero attached hydrogens (tertiary/aromatic N) is 1. The van der Waals surface area contributed by atoms with Gasteiger partial charge in [0, 0.05) is 19.0 Å². The molecule has 7 heteroatoms. The largest absolute Gasteiger partial charge is 0.455 e. The fraction of sp³-hybridized carbons (Fsp3) is 0.375. The Bertz CT molecular complexity index is 1040. The number of rotatable bonds is 6. The lowest BCUT2D eigenvalue weighted by atomic mass is 9.93. The topological polar surface area (TPSA) is 75.7 Å². The van der Waals surface area contributed by atoms with Gasteiger partial charge < -0.3 is 10.1 Å². The lowest BCUT2D eigenvalue weighted by molar-refractivity contribution is -0.120. The zero-order chi connectivity index (χ0) is 21.7. The number of piperidine rings is 1. The van der Waals surface area contributed by atoms with E-state index in [2.05, 4.69) is 11.4 Å². The van der Waals surface area contributed by atoms with Gasteiger partial charge in [0.05, 0.1) is 10.6 Å². The average Bonchev–Trinajstić information content (AvgIpc) is 2.82. The second-order valence-corrected chi connectivity index (χ2v) is 9.95. The highest BCUT2D eigenvalue weighted by Gasteiger charge is 2.28. The highest BCUT2D eigenvalue weighted by atomic mass is 32.2. The lowest BCUT2D eigenvalue weighted by Gasteiger charge is -2.26. The standard InChI is InChI=1S/C24H28N2O4S/c27-24(19-10-4-1-5-11-19)25-22-18-21(31(28,29)26-16-8-3-9-17-26)14-15-23(22)30-20-12-6-2-7-13-20/h1-2,4,6-7,12-15,18-19H,3,5,8-11,16-17H2,(H,25,27). The Hall–Kier alpha value is -2.64. The molecule has 4 rings (SSSR count). The number of nitrogens with one attached hydrogen (secondary N) is 1.